The zero-order valence-corrected chi connectivity index (χ0v) is 16.0. The van der Waals surface area contributed by atoms with Gasteiger partial charge in [0.1, 0.15) is 5.60 Å². The number of nitrogens with zero attached hydrogens (tertiary/aromatic N) is 1. The van der Waals surface area contributed by atoms with Gasteiger partial charge in [0.15, 0.2) is 5.79 Å². The fraction of sp³-hybridized carbons (Fsp3) is 0.250. The summed E-state index contributed by atoms with van der Waals surface area (Å²) >= 11 is 0. The highest BCUT2D eigenvalue weighted by Gasteiger charge is 2.52. The summed E-state index contributed by atoms with van der Waals surface area (Å²) in [6.07, 6.45) is 0. The minimum absolute atomic E-state index is 0.811. The summed E-state index contributed by atoms with van der Waals surface area (Å²) in [5, 5.41) is 11.0. The van der Waals surface area contributed by atoms with Crippen molar-refractivity contribution in [2.24, 2.45) is 0 Å². The van der Waals surface area contributed by atoms with Crippen LogP contribution in [0.2, 0.25) is 0 Å². The molecule has 0 spiro atoms. The quantitative estimate of drug-likeness (QED) is 0.756. The number of hydrogen-bond acceptors (Lipinski definition) is 3. The molecule has 0 fully saturated rings. The Hall–Kier alpha value is -2.46. The normalized spacial score (nSPS) is 24.2. The van der Waals surface area contributed by atoms with Gasteiger partial charge in [-0.25, -0.2) is 0 Å². The van der Waals surface area contributed by atoms with Gasteiger partial charge in [0.05, 0.1) is 0 Å². The van der Waals surface area contributed by atoms with E-state index in [2.05, 4.69) is 61.5 Å². The molecule has 0 bridgehead atoms. The molecule has 138 valence electrons. The maximum absolute atomic E-state index is 11.0. The summed E-state index contributed by atoms with van der Waals surface area (Å²) in [7, 11) is 4.12. The average Bonchev–Trinajstić information content (AvgIpc) is 2.92. The summed E-state index contributed by atoms with van der Waals surface area (Å²) in [6.45, 7) is 2.60. The molecule has 1 N–H and O–H groups in total. The van der Waals surface area contributed by atoms with Gasteiger partial charge in [-0.1, -0.05) is 78.9 Å². The molecule has 3 aromatic rings. The SMILES string of the molecule is CN(C)Cc1ccc([C@@]2(c3ccccc3)O[C@@](C)(O)c3ccccc32)cc1. The van der Waals surface area contributed by atoms with Crippen molar-refractivity contribution in [2.75, 3.05) is 14.1 Å². The van der Waals surface area contributed by atoms with Gasteiger partial charge >= 0.3 is 0 Å². The molecule has 1 heterocycles. The third-order valence-electron chi connectivity index (χ3n) is 5.20. The molecular weight excluding hydrogens is 334 g/mol. The van der Waals surface area contributed by atoms with Gasteiger partial charge in [-0.3, -0.25) is 0 Å². The Morgan fingerprint density at radius 3 is 1.96 bits per heavy atom. The topological polar surface area (TPSA) is 32.7 Å². The molecular formula is C24H25NO2. The van der Waals surface area contributed by atoms with Crippen molar-refractivity contribution in [1.29, 1.82) is 0 Å². The van der Waals surface area contributed by atoms with Crippen molar-refractivity contribution < 1.29 is 9.84 Å². The molecule has 1 aliphatic heterocycles. The first-order valence-corrected chi connectivity index (χ1v) is 9.26. The Balaban J connectivity index is 1.93. The summed E-state index contributed by atoms with van der Waals surface area (Å²) in [5.41, 5.74) is 4.23. The lowest BCUT2D eigenvalue weighted by atomic mass is 9.79. The van der Waals surface area contributed by atoms with Gasteiger partial charge in [-0.2, -0.15) is 0 Å². The van der Waals surface area contributed by atoms with Crippen LogP contribution < -0.4 is 0 Å². The zero-order valence-electron chi connectivity index (χ0n) is 16.0. The molecule has 3 heteroatoms. The molecule has 0 radical (unpaired) electrons. The smallest absolute Gasteiger partial charge is 0.191 e. The first-order valence-electron chi connectivity index (χ1n) is 9.26. The van der Waals surface area contributed by atoms with Crippen molar-refractivity contribution >= 4 is 0 Å². The van der Waals surface area contributed by atoms with Crippen LogP contribution in [0.1, 0.15) is 34.7 Å². The largest absolute Gasteiger partial charge is 0.362 e. The second-order valence-corrected chi connectivity index (χ2v) is 7.61. The molecule has 0 saturated heterocycles. The van der Waals surface area contributed by atoms with E-state index in [0.29, 0.717) is 0 Å². The first kappa shape index (κ1) is 17.9. The lowest BCUT2D eigenvalue weighted by Crippen LogP contribution is -2.33. The summed E-state index contributed by atoms with van der Waals surface area (Å²) < 4.78 is 6.45. The number of benzene rings is 3. The monoisotopic (exact) mass is 359 g/mol. The lowest BCUT2D eigenvalue weighted by molar-refractivity contribution is -0.225. The molecule has 3 aromatic carbocycles. The van der Waals surface area contributed by atoms with Crippen molar-refractivity contribution in [3.8, 4) is 0 Å². The minimum atomic E-state index is -1.35. The standard InChI is InChI=1S/C24H25NO2/c1-23(26)21-11-7-8-12-22(21)24(27-23,19-9-5-4-6-10-19)20-15-13-18(14-16-20)17-25(2)3/h4-16,26H,17H2,1-3H3/t23-,24-/m1/s1. The maximum atomic E-state index is 11.0. The Kier molecular flexibility index (Phi) is 4.39. The van der Waals surface area contributed by atoms with Crippen LogP contribution in [0.4, 0.5) is 0 Å². The molecule has 27 heavy (non-hydrogen) atoms. The highest BCUT2D eigenvalue weighted by atomic mass is 16.6. The fourth-order valence-corrected chi connectivity index (χ4v) is 4.08. The second kappa shape index (κ2) is 6.61. The summed E-state index contributed by atoms with van der Waals surface area (Å²) in [6, 6.07) is 26.6. The van der Waals surface area contributed by atoms with E-state index in [0.717, 1.165) is 28.8 Å². The van der Waals surface area contributed by atoms with Gasteiger partial charge in [0.2, 0.25) is 0 Å². The van der Waals surface area contributed by atoms with Crippen molar-refractivity contribution in [3.63, 3.8) is 0 Å². The van der Waals surface area contributed by atoms with Crippen LogP contribution in [0.3, 0.4) is 0 Å². The third-order valence-corrected chi connectivity index (χ3v) is 5.20. The van der Waals surface area contributed by atoms with Crippen LogP contribution in [0, 0.1) is 0 Å². The molecule has 0 amide bonds. The predicted molar refractivity (Wildman–Crippen MR) is 107 cm³/mol. The molecule has 3 nitrogen and oxygen atoms in total. The van der Waals surface area contributed by atoms with Crippen LogP contribution in [0.25, 0.3) is 0 Å². The highest BCUT2D eigenvalue weighted by molar-refractivity contribution is 5.54. The van der Waals surface area contributed by atoms with Crippen molar-refractivity contribution in [3.05, 3.63) is 107 Å². The number of fused-ring (bicyclic) bond motifs is 1. The van der Waals surface area contributed by atoms with E-state index < -0.39 is 11.4 Å². The number of ether oxygens (including phenoxy) is 1. The van der Waals surface area contributed by atoms with E-state index in [1.807, 2.05) is 36.4 Å². The van der Waals surface area contributed by atoms with Gasteiger partial charge in [-0.15, -0.1) is 0 Å². The number of rotatable bonds is 4. The Morgan fingerprint density at radius 2 is 1.33 bits per heavy atom. The lowest BCUT2D eigenvalue weighted by Gasteiger charge is -2.33. The Labute approximate surface area is 160 Å². The maximum Gasteiger partial charge on any atom is 0.191 e. The minimum Gasteiger partial charge on any atom is -0.362 e. The van der Waals surface area contributed by atoms with Crippen molar-refractivity contribution in [1.82, 2.24) is 4.90 Å². The van der Waals surface area contributed by atoms with Crippen LogP contribution in [-0.4, -0.2) is 24.1 Å². The van der Waals surface area contributed by atoms with Gasteiger partial charge in [0.25, 0.3) is 0 Å². The average molecular weight is 359 g/mol. The fourth-order valence-electron chi connectivity index (χ4n) is 4.08. The van der Waals surface area contributed by atoms with Gasteiger partial charge in [-0.05, 0) is 37.7 Å². The number of aliphatic hydroxyl groups is 1. The van der Waals surface area contributed by atoms with Crippen molar-refractivity contribution in [2.45, 2.75) is 24.9 Å². The Morgan fingerprint density at radius 1 is 0.778 bits per heavy atom. The first-order chi connectivity index (χ1) is 12.9. The molecule has 0 aliphatic carbocycles. The van der Waals surface area contributed by atoms with Crippen LogP contribution in [-0.2, 0) is 22.7 Å². The predicted octanol–water partition coefficient (Wildman–Crippen LogP) is 4.24. The third kappa shape index (κ3) is 2.98. The van der Waals surface area contributed by atoms with Crippen LogP contribution >= 0.6 is 0 Å². The molecule has 0 unspecified atom stereocenters. The highest BCUT2D eigenvalue weighted by Crippen LogP contribution is 2.52. The van der Waals surface area contributed by atoms with E-state index in [4.69, 9.17) is 4.74 Å². The molecule has 0 aromatic heterocycles. The van der Waals surface area contributed by atoms with E-state index >= 15 is 0 Å². The van der Waals surface area contributed by atoms with Gasteiger partial charge < -0.3 is 14.7 Å². The van der Waals surface area contributed by atoms with E-state index in [-0.39, 0.29) is 0 Å². The van der Waals surface area contributed by atoms with E-state index in [1.165, 1.54) is 5.56 Å². The zero-order chi connectivity index (χ0) is 19.1. The molecule has 0 saturated carbocycles. The van der Waals surface area contributed by atoms with E-state index in [9.17, 15) is 5.11 Å². The molecule has 1 aliphatic rings. The molecule has 4 rings (SSSR count). The van der Waals surface area contributed by atoms with Crippen LogP contribution in [0.5, 0.6) is 0 Å². The van der Waals surface area contributed by atoms with Gasteiger partial charge in [0, 0.05) is 17.7 Å². The summed E-state index contributed by atoms with van der Waals surface area (Å²) in [5.74, 6) is -1.35. The second-order valence-electron chi connectivity index (χ2n) is 7.61. The van der Waals surface area contributed by atoms with Crippen LogP contribution in [0.15, 0.2) is 78.9 Å². The summed E-state index contributed by atoms with van der Waals surface area (Å²) in [4.78, 5) is 2.15. The van der Waals surface area contributed by atoms with E-state index in [1.54, 1.807) is 6.92 Å². The number of hydrogen-bond donors (Lipinski definition) is 1. The molecule has 2 atom stereocenters. The Bertz CT molecular complexity index is 932.